The van der Waals surface area contributed by atoms with E-state index in [0.717, 1.165) is 25.9 Å². The Hall–Kier alpha value is -1.26. The van der Waals surface area contributed by atoms with Crippen LogP contribution in [0.1, 0.15) is 23.2 Å². The summed E-state index contributed by atoms with van der Waals surface area (Å²) in [7, 11) is 0. The van der Waals surface area contributed by atoms with E-state index in [1.165, 1.54) is 0 Å². The third kappa shape index (κ3) is 1.95. The molecule has 0 aliphatic carbocycles. The molecule has 18 heavy (non-hydrogen) atoms. The van der Waals surface area contributed by atoms with Crippen molar-refractivity contribution in [1.82, 2.24) is 0 Å². The van der Waals surface area contributed by atoms with Crippen molar-refractivity contribution in [2.45, 2.75) is 25.0 Å². The Balaban J connectivity index is 1.97. The topological polar surface area (TPSA) is 49.8 Å². The fourth-order valence-electron chi connectivity index (χ4n) is 2.80. The van der Waals surface area contributed by atoms with Crippen molar-refractivity contribution in [2.75, 3.05) is 18.0 Å². The van der Waals surface area contributed by atoms with Gasteiger partial charge in [-0.2, -0.15) is 0 Å². The molecular formula is C13H14ClNO3. The van der Waals surface area contributed by atoms with Crippen LogP contribution in [0.3, 0.4) is 0 Å². The standard InChI is InChI=1S/C13H14ClNO3/c14-10-2-1-3-11(12(10)13(16)17)15-6-8-4-5-9(7-15)18-8/h1-3,8-9H,4-7H2,(H,16,17). The quantitative estimate of drug-likeness (QED) is 0.894. The second kappa shape index (κ2) is 4.44. The van der Waals surface area contributed by atoms with Gasteiger partial charge in [-0.25, -0.2) is 4.79 Å². The van der Waals surface area contributed by atoms with Crippen LogP contribution in [0.25, 0.3) is 0 Å². The fourth-order valence-corrected chi connectivity index (χ4v) is 3.05. The second-order valence-electron chi connectivity index (χ2n) is 4.80. The van der Waals surface area contributed by atoms with E-state index in [2.05, 4.69) is 4.90 Å². The number of ether oxygens (including phenoxy) is 1. The lowest BCUT2D eigenvalue weighted by molar-refractivity contribution is 0.0303. The molecule has 1 aromatic carbocycles. The molecule has 5 heteroatoms. The molecular weight excluding hydrogens is 254 g/mol. The van der Waals surface area contributed by atoms with Crippen LogP contribution in [0.15, 0.2) is 18.2 Å². The van der Waals surface area contributed by atoms with Crippen LogP contribution in [-0.2, 0) is 4.74 Å². The first kappa shape index (κ1) is 11.8. The predicted molar refractivity (Wildman–Crippen MR) is 68.5 cm³/mol. The predicted octanol–water partition coefficient (Wildman–Crippen LogP) is 2.41. The molecule has 96 valence electrons. The van der Waals surface area contributed by atoms with E-state index in [9.17, 15) is 9.90 Å². The minimum absolute atomic E-state index is 0.195. The molecule has 0 amide bonds. The third-order valence-corrected chi connectivity index (χ3v) is 3.90. The fraction of sp³-hybridized carbons (Fsp3) is 0.462. The van der Waals surface area contributed by atoms with Gasteiger partial charge in [-0.1, -0.05) is 17.7 Å². The molecule has 0 saturated carbocycles. The maximum atomic E-state index is 11.3. The molecule has 2 heterocycles. The molecule has 0 aromatic heterocycles. The summed E-state index contributed by atoms with van der Waals surface area (Å²) in [6, 6.07) is 5.23. The first-order chi connectivity index (χ1) is 8.65. The zero-order valence-corrected chi connectivity index (χ0v) is 10.6. The number of carbonyl (C=O) groups is 1. The summed E-state index contributed by atoms with van der Waals surface area (Å²) in [5, 5.41) is 9.57. The van der Waals surface area contributed by atoms with Gasteiger partial charge in [0.05, 0.1) is 22.9 Å². The number of hydrogen-bond acceptors (Lipinski definition) is 3. The first-order valence-corrected chi connectivity index (χ1v) is 6.45. The Morgan fingerprint density at radius 2 is 2.00 bits per heavy atom. The first-order valence-electron chi connectivity index (χ1n) is 6.07. The van der Waals surface area contributed by atoms with Crippen LogP contribution < -0.4 is 4.90 Å². The number of fused-ring (bicyclic) bond motifs is 2. The van der Waals surface area contributed by atoms with Gasteiger partial charge in [-0.3, -0.25) is 0 Å². The van der Waals surface area contributed by atoms with Crippen molar-refractivity contribution in [3.8, 4) is 0 Å². The monoisotopic (exact) mass is 267 g/mol. The lowest BCUT2D eigenvalue weighted by Crippen LogP contribution is -2.43. The molecule has 4 nitrogen and oxygen atoms in total. The van der Waals surface area contributed by atoms with E-state index in [1.807, 2.05) is 6.07 Å². The van der Waals surface area contributed by atoms with E-state index in [-0.39, 0.29) is 17.8 Å². The average Bonchev–Trinajstić information content (AvgIpc) is 2.67. The third-order valence-electron chi connectivity index (χ3n) is 3.59. The highest BCUT2D eigenvalue weighted by molar-refractivity contribution is 6.34. The maximum absolute atomic E-state index is 11.3. The van der Waals surface area contributed by atoms with Crippen molar-refractivity contribution in [3.63, 3.8) is 0 Å². The lowest BCUT2D eigenvalue weighted by Gasteiger charge is -2.34. The van der Waals surface area contributed by atoms with Crippen LogP contribution >= 0.6 is 11.6 Å². The second-order valence-corrected chi connectivity index (χ2v) is 5.21. The van der Waals surface area contributed by atoms with Gasteiger partial charge in [0, 0.05) is 13.1 Å². The Morgan fingerprint density at radius 1 is 1.33 bits per heavy atom. The summed E-state index contributed by atoms with van der Waals surface area (Å²) in [4.78, 5) is 13.4. The summed E-state index contributed by atoms with van der Waals surface area (Å²) < 4.78 is 5.76. The van der Waals surface area contributed by atoms with Gasteiger partial charge in [-0.15, -0.1) is 0 Å². The number of carboxylic acids is 1. The number of halogens is 1. The van der Waals surface area contributed by atoms with E-state index < -0.39 is 5.97 Å². The van der Waals surface area contributed by atoms with E-state index >= 15 is 0 Å². The number of hydrogen-bond donors (Lipinski definition) is 1. The summed E-state index contributed by atoms with van der Waals surface area (Å²) in [5.74, 6) is -0.977. The van der Waals surface area contributed by atoms with Crippen molar-refractivity contribution < 1.29 is 14.6 Å². The molecule has 0 radical (unpaired) electrons. The van der Waals surface area contributed by atoms with Crippen molar-refractivity contribution in [2.24, 2.45) is 0 Å². The Kier molecular flexibility index (Phi) is 2.92. The van der Waals surface area contributed by atoms with Gasteiger partial charge >= 0.3 is 5.97 Å². The zero-order valence-electron chi connectivity index (χ0n) is 9.80. The highest BCUT2D eigenvalue weighted by atomic mass is 35.5. The van der Waals surface area contributed by atoms with Gasteiger partial charge in [0.25, 0.3) is 0 Å². The lowest BCUT2D eigenvalue weighted by atomic mass is 10.1. The molecule has 1 N–H and O–H groups in total. The Labute approximate surface area is 110 Å². The smallest absolute Gasteiger partial charge is 0.339 e. The zero-order chi connectivity index (χ0) is 12.7. The molecule has 2 aliphatic heterocycles. The largest absolute Gasteiger partial charge is 0.478 e. The van der Waals surface area contributed by atoms with Crippen molar-refractivity contribution in [1.29, 1.82) is 0 Å². The molecule has 3 rings (SSSR count). The van der Waals surface area contributed by atoms with Crippen LogP contribution in [-0.4, -0.2) is 36.4 Å². The van der Waals surface area contributed by atoms with Gasteiger partial charge in [0.2, 0.25) is 0 Å². The number of carboxylic acid groups (broad SMARTS) is 1. The maximum Gasteiger partial charge on any atom is 0.339 e. The number of benzene rings is 1. The molecule has 2 fully saturated rings. The van der Waals surface area contributed by atoms with Gasteiger partial charge < -0.3 is 14.7 Å². The van der Waals surface area contributed by atoms with Crippen LogP contribution in [0.5, 0.6) is 0 Å². The summed E-state index contributed by atoms with van der Waals surface area (Å²) >= 11 is 5.99. The Morgan fingerprint density at radius 3 is 2.61 bits per heavy atom. The van der Waals surface area contributed by atoms with E-state index in [1.54, 1.807) is 12.1 Å². The van der Waals surface area contributed by atoms with Gasteiger partial charge in [0.1, 0.15) is 5.56 Å². The van der Waals surface area contributed by atoms with Crippen LogP contribution in [0.2, 0.25) is 5.02 Å². The van der Waals surface area contributed by atoms with Crippen LogP contribution in [0.4, 0.5) is 5.69 Å². The Bertz CT molecular complexity index is 479. The number of aromatic carboxylic acids is 1. The molecule has 2 aliphatic rings. The number of morpholine rings is 1. The molecule has 1 aromatic rings. The number of anilines is 1. The summed E-state index contributed by atoms with van der Waals surface area (Å²) in [6.45, 7) is 1.49. The highest BCUT2D eigenvalue weighted by Gasteiger charge is 2.35. The van der Waals surface area contributed by atoms with Gasteiger partial charge in [0.15, 0.2) is 0 Å². The van der Waals surface area contributed by atoms with E-state index in [4.69, 9.17) is 16.3 Å². The SMILES string of the molecule is O=C(O)c1c(Cl)cccc1N1CC2CCC(C1)O2. The summed E-state index contributed by atoms with van der Waals surface area (Å²) in [6.07, 6.45) is 2.57. The number of nitrogens with zero attached hydrogens (tertiary/aromatic N) is 1. The molecule has 2 atom stereocenters. The molecule has 2 bridgehead atoms. The molecule has 2 unspecified atom stereocenters. The van der Waals surface area contributed by atoms with Crippen molar-refractivity contribution >= 4 is 23.3 Å². The normalized spacial score (nSPS) is 26.4. The number of rotatable bonds is 2. The van der Waals surface area contributed by atoms with Gasteiger partial charge in [-0.05, 0) is 25.0 Å². The minimum atomic E-state index is -0.977. The van der Waals surface area contributed by atoms with Crippen LogP contribution in [0, 0.1) is 0 Å². The average molecular weight is 268 g/mol. The van der Waals surface area contributed by atoms with Crippen molar-refractivity contribution in [3.05, 3.63) is 28.8 Å². The highest BCUT2D eigenvalue weighted by Crippen LogP contribution is 2.33. The summed E-state index contributed by atoms with van der Waals surface area (Å²) in [5.41, 5.74) is 0.899. The minimum Gasteiger partial charge on any atom is -0.478 e. The molecule has 2 saturated heterocycles. The van der Waals surface area contributed by atoms with E-state index in [0.29, 0.717) is 10.7 Å². The molecule has 0 spiro atoms.